The number of imide groups is 1. The fourth-order valence-electron chi connectivity index (χ4n) is 4.65. The summed E-state index contributed by atoms with van der Waals surface area (Å²) in [6.45, 7) is 1.52. The van der Waals surface area contributed by atoms with E-state index in [2.05, 4.69) is 0 Å². The van der Waals surface area contributed by atoms with Crippen molar-refractivity contribution in [2.45, 2.75) is 17.4 Å². The van der Waals surface area contributed by atoms with E-state index in [0.717, 1.165) is 15.7 Å². The van der Waals surface area contributed by atoms with Gasteiger partial charge in [0.2, 0.25) is 15.9 Å². The van der Waals surface area contributed by atoms with Crippen LogP contribution in [0.3, 0.4) is 0 Å². The Bertz CT molecular complexity index is 1340. The van der Waals surface area contributed by atoms with Gasteiger partial charge in [0.05, 0.1) is 43.2 Å². The van der Waals surface area contributed by atoms with Gasteiger partial charge in [-0.2, -0.15) is 4.31 Å². The van der Waals surface area contributed by atoms with E-state index < -0.39 is 16.1 Å². The van der Waals surface area contributed by atoms with E-state index in [1.807, 2.05) is 30.3 Å². The molecule has 2 amide bonds. The number of carbonyl (C=O) groups is 2. The third-order valence-corrected chi connectivity index (χ3v) is 8.59. The maximum Gasteiger partial charge on any atom is 0.292 e. The minimum atomic E-state index is -3.64. The summed E-state index contributed by atoms with van der Waals surface area (Å²) in [6.07, 6.45) is 0.119. The van der Waals surface area contributed by atoms with Crippen molar-refractivity contribution in [3.05, 3.63) is 71.8 Å². The van der Waals surface area contributed by atoms with Gasteiger partial charge in [0.15, 0.2) is 6.04 Å². The molecular weight excluding hydrogens is 462 g/mol. The van der Waals surface area contributed by atoms with Gasteiger partial charge in [-0.05, 0) is 47.2 Å². The molecule has 7 nitrogen and oxygen atoms in total. The molecule has 5 rings (SSSR count). The molecule has 2 aliphatic heterocycles. The number of fused-ring (bicyclic) bond motifs is 1. The molecule has 9 heteroatoms. The molecule has 0 radical (unpaired) electrons. The van der Waals surface area contributed by atoms with Crippen LogP contribution >= 0.6 is 11.6 Å². The molecule has 2 aliphatic rings. The molecule has 170 valence electrons. The van der Waals surface area contributed by atoms with Crippen molar-refractivity contribution in [2.24, 2.45) is 0 Å². The van der Waals surface area contributed by atoms with Crippen LogP contribution < -0.4 is 9.80 Å². The van der Waals surface area contributed by atoms with E-state index in [1.165, 1.54) is 9.21 Å². The first-order valence-corrected chi connectivity index (χ1v) is 12.6. The minimum Gasteiger partial charge on any atom is -0.322 e. The predicted molar refractivity (Wildman–Crippen MR) is 126 cm³/mol. The Morgan fingerprint density at radius 3 is 2.24 bits per heavy atom. The molecule has 0 aromatic heterocycles. The third-order valence-electron chi connectivity index (χ3n) is 6.45. The van der Waals surface area contributed by atoms with Crippen LogP contribution in [0.4, 0.5) is 5.69 Å². The highest BCUT2D eigenvalue weighted by atomic mass is 35.5. The molecule has 0 aliphatic carbocycles. The lowest BCUT2D eigenvalue weighted by Gasteiger charge is -2.33. The lowest BCUT2D eigenvalue weighted by atomic mass is 10.1. The maximum absolute atomic E-state index is 13.2. The quantitative estimate of drug-likeness (QED) is 0.572. The number of piperazine rings is 1. The maximum atomic E-state index is 13.2. The van der Waals surface area contributed by atoms with Crippen molar-refractivity contribution in [3.8, 4) is 0 Å². The highest BCUT2D eigenvalue weighted by Gasteiger charge is 2.47. The molecule has 1 atom stereocenters. The Hall–Kier alpha value is -2.78. The number of amides is 2. The molecule has 0 saturated carbocycles. The van der Waals surface area contributed by atoms with E-state index in [4.69, 9.17) is 11.6 Å². The van der Waals surface area contributed by atoms with Crippen LogP contribution in [-0.2, 0) is 19.6 Å². The molecule has 0 bridgehead atoms. The van der Waals surface area contributed by atoms with Gasteiger partial charge in [-0.1, -0.05) is 41.9 Å². The van der Waals surface area contributed by atoms with Gasteiger partial charge in [-0.3, -0.25) is 9.59 Å². The smallest absolute Gasteiger partial charge is 0.292 e. The molecular formula is C24H23ClN3O4S+. The highest BCUT2D eigenvalue weighted by molar-refractivity contribution is 7.89. The van der Waals surface area contributed by atoms with Crippen LogP contribution in [0, 0.1) is 0 Å². The summed E-state index contributed by atoms with van der Waals surface area (Å²) in [7, 11) is -3.64. The van der Waals surface area contributed by atoms with Crippen LogP contribution in [0.1, 0.15) is 6.42 Å². The number of halogens is 1. The SMILES string of the molecule is O=C1C[C@@H]([NH+]2CCN(S(=O)(=O)c3ccc4ccccc4c3)CC2)C(=O)N1c1ccc(Cl)cc1. The molecule has 0 spiro atoms. The number of sulfonamides is 1. The van der Waals surface area contributed by atoms with Gasteiger partial charge in [0.1, 0.15) is 0 Å². The van der Waals surface area contributed by atoms with E-state index in [-0.39, 0.29) is 23.1 Å². The lowest BCUT2D eigenvalue weighted by Crippen LogP contribution is -3.19. The van der Waals surface area contributed by atoms with Crippen molar-refractivity contribution in [3.63, 3.8) is 0 Å². The Labute approximate surface area is 197 Å². The summed E-state index contributed by atoms with van der Waals surface area (Å²) in [5, 5.41) is 2.39. The Morgan fingerprint density at radius 2 is 1.55 bits per heavy atom. The van der Waals surface area contributed by atoms with Crippen molar-refractivity contribution in [1.82, 2.24) is 4.31 Å². The highest BCUT2D eigenvalue weighted by Crippen LogP contribution is 2.25. The van der Waals surface area contributed by atoms with Crippen LogP contribution in [0.15, 0.2) is 71.6 Å². The monoisotopic (exact) mass is 484 g/mol. The van der Waals surface area contributed by atoms with E-state index in [0.29, 0.717) is 36.9 Å². The summed E-state index contributed by atoms with van der Waals surface area (Å²) >= 11 is 5.92. The van der Waals surface area contributed by atoms with Gasteiger partial charge >= 0.3 is 0 Å². The largest absolute Gasteiger partial charge is 0.322 e. The number of carbonyl (C=O) groups excluding carboxylic acids is 2. The zero-order valence-electron chi connectivity index (χ0n) is 17.8. The summed E-state index contributed by atoms with van der Waals surface area (Å²) in [5.41, 5.74) is 0.508. The van der Waals surface area contributed by atoms with Gasteiger partial charge in [0.25, 0.3) is 5.91 Å². The second-order valence-electron chi connectivity index (χ2n) is 8.37. The number of rotatable bonds is 4. The number of benzene rings is 3. The van der Waals surface area contributed by atoms with Crippen molar-refractivity contribution < 1.29 is 22.9 Å². The molecule has 3 aromatic rings. The second-order valence-corrected chi connectivity index (χ2v) is 10.7. The van der Waals surface area contributed by atoms with Gasteiger partial charge < -0.3 is 4.90 Å². The first-order valence-electron chi connectivity index (χ1n) is 10.8. The molecule has 0 unspecified atom stereocenters. The first kappa shape index (κ1) is 22.0. The van der Waals surface area contributed by atoms with Crippen LogP contribution in [0.25, 0.3) is 10.8 Å². The fraction of sp³-hybridized carbons (Fsp3) is 0.250. The zero-order chi connectivity index (χ0) is 23.2. The standard InChI is InChI=1S/C24H22ClN3O4S/c25-19-6-8-20(9-7-19)28-23(29)16-22(24(28)30)26-11-13-27(14-12-26)33(31,32)21-10-5-17-3-1-2-4-18(17)15-21/h1-10,15,22H,11-14,16H2/p+1/t22-/m1/s1. The van der Waals surface area contributed by atoms with Crippen LogP contribution in [-0.4, -0.2) is 56.8 Å². The number of nitrogens with one attached hydrogen (secondary N) is 1. The molecule has 2 fully saturated rings. The number of hydrogen-bond acceptors (Lipinski definition) is 4. The van der Waals surface area contributed by atoms with E-state index in [9.17, 15) is 18.0 Å². The predicted octanol–water partition coefficient (Wildman–Crippen LogP) is 1.71. The Balaban J connectivity index is 1.29. The Kier molecular flexibility index (Phi) is 5.70. The molecule has 33 heavy (non-hydrogen) atoms. The van der Waals surface area contributed by atoms with Crippen LogP contribution in [0.5, 0.6) is 0 Å². The second kappa shape index (κ2) is 8.53. The first-order chi connectivity index (χ1) is 15.8. The molecule has 2 saturated heterocycles. The third kappa shape index (κ3) is 4.04. The van der Waals surface area contributed by atoms with Crippen molar-refractivity contribution in [1.29, 1.82) is 0 Å². The lowest BCUT2D eigenvalue weighted by molar-refractivity contribution is -0.918. The number of hydrogen-bond donors (Lipinski definition) is 1. The van der Waals surface area contributed by atoms with Crippen molar-refractivity contribution >= 4 is 49.9 Å². The zero-order valence-corrected chi connectivity index (χ0v) is 19.3. The van der Waals surface area contributed by atoms with Crippen LogP contribution in [0.2, 0.25) is 5.02 Å². The van der Waals surface area contributed by atoms with Crippen molar-refractivity contribution in [2.75, 3.05) is 31.1 Å². The fourth-order valence-corrected chi connectivity index (χ4v) is 6.25. The molecule has 1 N–H and O–H groups in total. The average Bonchev–Trinajstić information content (AvgIpc) is 3.13. The summed E-state index contributed by atoms with van der Waals surface area (Å²) < 4.78 is 27.9. The Morgan fingerprint density at radius 1 is 0.879 bits per heavy atom. The molecule has 2 heterocycles. The average molecular weight is 485 g/mol. The van der Waals surface area contributed by atoms with Gasteiger partial charge in [0, 0.05) is 5.02 Å². The summed E-state index contributed by atoms with van der Waals surface area (Å²) in [4.78, 5) is 28.1. The minimum absolute atomic E-state index is 0.119. The van der Waals surface area contributed by atoms with E-state index in [1.54, 1.807) is 36.4 Å². The number of nitrogens with zero attached hydrogens (tertiary/aromatic N) is 2. The number of anilines is 1. The normalized spacial score (nSPS) is 20.6. The van der Waals surface area contributed by atoms with E-state index >= 15 is 0 Å². The molecule has 3 aromatic carbocycles. The number of quaternary nitrogens is 1. The summed E-state index contributed by atoms with van der Waals surface area (Å²) in [6, 6.07) is 18.9. The summed E-state index contributed by atoms with van der Waals surface area (Å²) in [5.74, 6) is -0.491. The van der Waals surface area contributed by atoms with Gasteiger partial charge in [-0.25, -0.2) is 13.3 Å². The topological polar surface area (TPSA) is 79.2 Å². The van der Waals surface area contributed by atoms with Gasteiger partial charge in [-0.15, -0.1) is 0 Å².